The molecule has 0 N–H and O–H groups in total. The summed E-state index contributed by atoms with van der Waals surface area (Å²) >= 11 is 6.26. The molecule has 0 saturated carbocycles. The average molecular weight is 381 g/mol. The monoisotopic (exact) mass is 380 g/mol. The Hall–Kier alpha value is -2.29. The van der Waals surface area contributed by atoms with Crippen molar-refractivity contribution in [2.24, 2.45) is 0 Å². The maximum Gasteiger partial charge on any atom is 0.129 e. The lowest BCUT2D eigenvalue weighted by Gasteiger charge is -2.25. The van der Waals surface area contributed by atoms with Crippen molar-refractivity contribution in [2.45, 2.75) is 32.8 Å². The van der Waals surface area contributed by atoms with Gasteiger partial charge < -0.3 is 9.47 Å². The Bertz CT molecular complexity index is 871. The van der Waals surface area contributed by atoms with Crippen LogP contribution in [0.5, 0.6) is 11.5 Å². The van der Waals surface area contributed by atoms with Crippen LogP contribution in [0.15, 0.2) is 72.8 Å². The predicted octanol–water partition coefficient (Wildman–Crippen LogP) is 6.94. The van der Waals surface area contributed by atoms with E-state index in [1.807, 2.05) is 48.5 Å². The molecule has 0 spiro atoms. The second-order valence-electron chi connectivity index (χ2n) is 7.45. The van der Waals surface area contributed by atoms with Crippen molar-refractivity contribution in [3.63, 3.8) is 0 Å². The fraction of sp³-hybridized carbons (Fsp3) is 0.250. The van der Waals surface area contributed by atoms with E-state index in [2.05, 4.69) is 45.0 Å². The lowest BCUT2D eigenvalue weighted by atomic mass is 9.85. The largest absolute Gasteiger partial charge is 0.457 e. The number of aryl methyl sites for hydroxylation is 1. The van der Waals surface area contributed by atoms with Crippen LogP contribution in [0.3, 0.4) is 0 Å². The van der Waals surface area contributed by atoms with Gasteiger partial charge in [0, 0.05) is 10.4 Å². The molecule has 3 aromatic rings. The first kappa shape index (κ1) is 19.5. The summed E-state index contributed by atoms with van der Waals surface area (Å²) in [5.41, 5.74) is 3.47. The predicted molar refractivity (Wildman–Crippen MR) is 112 cm³/mol. The molecule has 0 bridgehead atoms. The summed E-state index contributed by atoms with van der Waals surface area (Å²) in [5.74, 6) is 1.50. The molecule has 3 aromatic carbocycles. The number of benzene rings is 3. The van der Waals surface area contributed by atoms with E-state index in [-0.39, 0.29) is 5.41 Å². The Morgan fingerprint density at radius 3 is 2.26 bits per heavy atom. The molecule has 0 saturated heterocycles. The SMILES string of the molecule is Cc1ccc(C(C)(C)COCc2cc(Cl)cc(Oc3ccccc3)c2)cc1. The van der Waals surface area contributed by atoms with Crippen LogP contribution in [0.4, 0.5) is 0 Å². The van der Waals surface area contributed by atoms with Crippen molar-refractivity contribution >= 4 is 11.6 Å². The topological polar surface area (TPSA) is 18.5 Å². The van der Waals surface area contributed by atoms with E-state index in [4.69, 9.17) is 21.1 Å². The summed E-state index contributed by atoms with van der Waals surface area (Å²) in [7, 11) is 0. The average Bonchev–Trinajstić information content (AvgIpc) is 2.62. The Morgan fingerprint density at radius 2 is 1.56 bits per heavy atom. The van der Waals surface area contributed by atoms with Crippen molar-refractivity contribution in [1.29, 1.82) is 0 Å². The fourth-order valence-corrected chi connectivity index (χ4v) is 3.15. The van der Waals surface area contributed by atoms with Crippen LogP contribution in [-0.2, 0) is 16.8 Å². The second kappa shape index (κ2) is 8.60. The van der Waals surface area contributed by atoms with Crippen LogP contribution in [0.1, 0.15) is 30.5 Å². The van der Waals surface area contributed by atoms with Gasteiger partial charge in [-0.05, 0) is 48.4 Å². The first-order valence-corrected chi connectivity index (χ1v) is 9.47. The molecule has 2 nitrogen and oxygen atoms in total. The summed E-state index contributed by atoms with van der Waals surface area (Å²) in [6.07, 6.45) is 0. The number of para-hydroxylation sites is 1. The number of halogens is 1. The molecule has 0 aliphatic carbocycles. The lowest BCUT2D eigenvalue weighted by Crippen LogP contribution is -2.24. The molecule has 27 heavy (non-hydrogen) atoms. The van der Waals surface area contributed by atoms with Crippen LogP contribution in [-0.4, -0.2) is 6.61 Å². The molecule has 0 aromatic heterocycles. The highest BCUT2D eigenvalue weighted by molar-refractivity contribution is 6.30. The third-order valence-corrected chi connectivity index (χ3v) is 4.69. The van der Waals surface area contributed by atoms with E-state index in [1.54, 1.807) is 0 Å². The molecule has 0 aliphatic heterocycles. The first-order chi connectivity index (χ1) is 12.9. The minimum absolute atomic E-state index is 0.0599. The van der Waals surface area contributed by atoms with E-state index in [0.29, 0.717) is 24.0 Å². The van der Waals surface area contributed by atoms with Crippen molar-refractivity contribution < 1.29 is 9.47 Å². The fourth-order valence-electron chi connectivity index (χ4n) is 2.90. The van der Waals surface area contributed by atoms with Gasteiger partial charge in [-0.15, -0.1) is 0 Å². The highest BCUT2D eigenvalue weighted by atomic mass is 35.5. The maximum atomic E-state index is 6.26. The summed E-state index contributed by atoms with van der Waals surface area (Å²) in [5, 5.41) is 0.639. The molecule has 0 amide bonds. The van der Waals surface area contributed by atoms with Crippen molar-refractivity contribution in [1.82, 2.24) is 0 Å². The molecule has 0 atom stereocenters. The molecular formula is C24H25ClO2. The van der Waals surface area contributed by atoms with Gasteiger partial charge in [-0.25, -0.2) is 0 Å². The zero-order valence-corrected chi connectivity index (χ0v) is 16.8. The van der Waals surface area contributed by atoms with Crippen LogP contribution < -0.4 is 4.74 Å². The second-order valence-corrected chi connectivity index (χ2v) is 7.89. The maximum absolute atomic E-state index is 6.26. The minimum atomic E-state index is -0.0599. The van der Waals surface area contributed by atoms with Crippen molar-refractivity contribution in [3.8, 4) is 11.5 Å². The van der Waals surface area contributed by atoms with Crippen LogP contribution in [0.25, 0.3) is 0 Å². The summed E-state index contributed by atoms with van der Waals surface area (Å²) in [6.45, 7) is 7.60. The quantitative estimate of drug-likeness (QED) is 0.442. The standard InChI is InChI=1S/C24H25ClO2/c1-18-9-11-20(12-10-18)24(2,3)17-26-16-19-13-21(25)15-23(14-19)27-22-7-5-4-6-8-22/h4-15H,16-17H2,1-3H3. The smallest absolute Gasteiger partial charge is 0.129 e. The summed E-state index contributed by atoms with van der Waals surface area (Å²) in [4.78, 5) is 0. The van der Waals surface area contributed by atoms with Crippen LogP contribution in [0, 0.1) is 6.92 Å². The normalized spacial score (nSPS) is 11.4. The molecule has 0 aliphatic rings. The van der Waals surface area contributed by atoms with Crippen molar-refractivity contribution in [2.75, 3.05) is 6.61 Å². The van der Waals surface area contributed by atoms with E-state index in [0.717, 1.165) is 11.3 Å². The zero-order chi connectivity index (χ0) is 19.3. The van der Waals surface area contributed by atoms with Crippen LogP contribution >= 0.6 is 11.6 Å². The lowest BCUT2D eigenvalue weighted by molar-refractivity contribution is 0.0824. The Morgan fingerprint density at radius 1 is 0.852 bits per heavy atom. The van der Waals surface area contributed by atoms with Crippen LogP contribution in [0.2, 0.25) is 5.02 Å². The van der Waals surface area contributed by atoms with Gasteiger partial charge in [0.25, 0.3) is 0 Å². The summed E-state index contributed by atoms with van der Waals surface area (Å²) in [6, 6.07) is 24.0. The molecule has 0 heterocycles. The molecule has 0 unspecified atom stereocenters. The van der Waals surface area contributed by atoms with Gasteiger partial charge >= 0.3 is 0 Å². The molecule has 0 fully saturated rings. The van der Waals surface area contributed by atoms with Crippen molar-refractivity contribution in [3.05, 3.63) is 94.5 Å². The molecule has 3 heteroatoms. The molecule has 140 valence electrons. The van der Waals surface area contributed by atoms with E-state index < -0.39 is 0 Å². The highest BCUT2D eigenvalue weighted by Crippen LogP contribution is 2.28. The van der Waals surface area contributed by atoms with Gasteiger partial charge in [-0.1, -0.05) is 73.5 Å². The Balaban J connectivity index is 1.63. The number of ether oxygens (including phenoxy) is 2. The number of hydrogen-bond donors (Lipinski definition) is 0. The van der Waals surface area contributed by atoms with E-state index in [1.165, 1.54) is 11.1 Å². The third kappa shape index (κ3) is 5.59. The molecular weight excluding hydrogens is 356 g/mol. The zero-order valence-electron chi connectivity index (χ0n) is 16.0. The Labute approximate surface area is 166 Å². The minimum Gasteiger partial charge on any atom is -0.457 e. The van der Waals surface area contributed by atoms with Gasteiger partial charge in [0.2, 0.25) is 0 Å². The highest BCUT2D eigenvalue weighted by Gasteiger charge is 2.20. The summed E-state index contributed by atoms with van der Waals surface area (Å²) < 4.78 is 11.9. The Kier molecular flexibility index (Phi) is 6.20. The van der Waals surface area contributed by atoms with Gasteiger partial charge in [-0.3, -0.25) is 0 Å². The third-order valence-electron chi connectivity index (χ3n) is 4.47. The van der Waals surface area contributed by atoms with Gasteiger partial charge in [0.05, 0.1) is 13.2 Å². The van der Waals surface area contributed by atoms with Gasteiger partial charge in [-0.2, -0.15) is 0 Å². The van der Waals surface area contributed by atoms with E-state index in [9.17, 15) is 0 Å². The molecule has 0 radical (unpaired) electrons. The number of rotatable bonds is 7. The first-order valence-electron chi connectivity index (χ1n) is 9.10. The van der Waals surface area contributed by atoms with Gasteiger partial charge in [0.15, 0.2) is 0 Å². The van der Waals surface area contributed by atoms with E-state index >= 15 is 0 Å². The van der Waals surface area contributed by atoms with Gasteiger partial charge in [0.1, 0.15) is 11.5 Å². The number of hydrogen-bond acceptors (Lipinski definition) is 2. The molecule has 3 rings (SSSR count).